The fourth-order valence-electron chi connectivity index (χ4n) is 2.79. The van der Waals surface area contributed by atoms with Crippen LogP contribution in [0.4, 0.5) is 0 Å². The monoisotopic (exact) mass is 312 g/mol. The summed E-state index contributed by atoms with van der Waals surface area (Å²) in [5.74, 6) is 0. The standard InChI is InChI=1S/C19H21ClN2/c1-2-3-4-11-19(15-21,13-16-6-5-12-22-14-16)17-7-9-18(20)10-8-17/h5-10,12,14H,2-4,11,13H2,1H3. The third kappa shape index (κ3) is 4.08. The van der Waals surface area contributed by atoms with Gasteiger partial charge in [-0.2, -0.15) is 5.26 Å². The van der Waals surface area contributed by atoms with E-state index in [2.05, 4.69) is 18.0 Å². The van der Waals surface area contributed by atoms with Crippen molar-refractivity contribution in [2.45, 2.75) is 44.4 Å². The summed E-state index contributed by atoms with van der Waals surface area (Å²) < 4.78 is 0. The molecule has 1 aromatic carbocycles. The Kier molecular flexibility index (Phi) is 5.98. The molecule has 2 rings (SSSR count). The van der Waals surface area contributed by atoms with E-state index in [9.17, 15) is 5.26 Å². The van der Waals surface area contributed by atoms with Crippen molar-refractivity contribution in [1.29, 1.82) is 5.26 Å². The van der Waals surface area contributed by atoms with E-state index in [-0.39, 0.29) is 0 Å². The van der Waals surface area contributed by atoms with E-state index < -0.39 is 5.41 Å². The Bertz CT molecular complexity index is 616. The van der Waals surface area contributed by atoms with Crippen LogP contribution in [-0.2, 0) is 11.8 Å². The lowest BCUT2D eigenvalue weighted by molar-refractivity contribution is 0.467. The smallest absolute Gasteiger partial charge is 0.0863 e. The largest absolute Gasteiger partial charge is 0.264 e. The summed E-state index contributed by atoms with van der Waals surface area (Å²) in [6, 6.07) is 14.2. The molecular weight excluding hydrogens is 292 g/mol. The first-order valence-corrected chi connectivity index (χ1v) is 8.14. The maximum absolute atomic E-state index is 9.96. The minimum absolute atomic E-state index is 0.511. The van der Waals surface area contributed by atoms with Crippen LogP contribution in [0, 0.1) is 11.3 Å². The highest BCUT2D eigenvalue weighted by molar-refractivity contribution is 6.30. The van der Waals surface area contributed by atoms with Gasteiger partial charge < -0.3 is 0 Å². The van der Waals surface area contributed by atoms with Crippen molar-refractivity contribution in [2.24, 2.45) is 0 Å². The van der Waals surface area contributed by atoms with Gasteiger partial charge in [0.1, 0.15) is 0 Å². The van der Waals surface area contributed by atoms with Gasteiger partial charge in [0.05, 0.1) is 11.5 Å². The van der Waals surface area contributed by atoms with Crippen LogP contribution in [0.25, 0.3) is 0 Å². The second-order valence-electron chi connectivity index (χ2n) is 5.70. The molecule has 2 aromatic rings. The number of hydrogen-bond acceptors (Lipinski definition) is 2. The van der Waals surface area contributed by atoms with Crippen molar-refractivity contribution in [1.82, 2.24) is 4.98 Å². The van der Waals surface area contributed by atoms with Crippen LogP contribution >= 0.6 is 11.6 Å². The molecule has 2 nitrogen and oxygen atoms in total. The Labute approximate surface area is 137 Å². The predicted molar refractivity (Wildman–Crippen MR) is 90.8 cm³/mol. The molecule has 3 heteroatoms. The first kappa shape index (κ1) is 16.5. The molecule has 0 spiro atoms. The highest BCUT2D eigenvalue weighted by atomic mass is 35.5. The lowest BCUT2D eigenvalue weighted by Gasteiger charge is -2.27. The molecule has 0 radical (unpaired) electrons. The normalized spacial score (nSPS) is 13.3. The van der Waals surface area contributed by atoms with Gasteiger partial charge in [-0.15, -0.1) is 0 Å². The predicted octanol–water partition coefficient (Wildman–Crippen LogP) is 5.32. The van der Waals surface area contributed by atoms with E-state index in [1.807, 2.05) is 42.6 Å². The highest BCUT2D eigenvalue weighted by Gasteiger charge is 2.32. The SMILES string of the molecule is CCCCCC(C#N)(Cc1cccnc1)c1ccc(Cl)cc1. The number of nitrogens with zero attached hydrogens (tertiary/aromatic N) is 2. The van der Waals surface area contributed by atoms with Crippen molar-refractivity contribution in [3.63, 3.8) is 0 Å². The summed E-state index contributed by atoms with van der Waals surface area (Å²) in [6.07, 6.45) is 8.49. The first-order chi connectivity index (χ1) is 10.7. The molecule has 1 aromatic heterocycles. The van der Waals surface area contributed by atoms with Crippen LogP contribution < -0.4 is 0 Å². The van der Waals surface area contributed by atoms with Gasteiger partial charge in [-0.05, 0) is 42.2 Å². The highest BCUT2D eigenvalue weighted by Crippen LogP contribution is 2.34. The summed E-state index contributed by atoms with van der Waals surface area (Å²) in [5, 5.41) is 10.7. The van der Waals surface area contributed by atoms with E-state index >= 15 is 0 Å². The van der Waals surface area contributed by atoms with Gasteiger partial charge >= 0.3 is 0 Å². The molecule has 1 unspecified atom stereocenters. The maximum Gasteiger partial charge on any atom is 0.0863 e. The zero-order valence-corrected chi connectivity index (χ0v) is 13.7. The van der Waals surface area contributed by atoms with E-state index in [0.29, 0.717) is 11.4 Å². The number of aromatic nitrogens is 1. The summed E-state index contributed by atoms with van der Waals surface area (Å²) in [6.45, 7) is 2.18. The molecule has 22 heavy (non-hydrogen) atoms. The van der Waals surface area contributed by atoms with Gasteiger partial charge in [0.2, 0.25) is 0 Å². The zero-order chi connectivity index (χ0) is 15.8. The maximum atomic E-state index is 9.96. The van der Waals surface area contributed by atoms with E-state index in [1.54, 1.807) is 6.20 Å². The van der Waals surface area contributed by atoms with Crippen molar-refractivity contribution in [2.75, 3.05) is 0 Å². The topological polar surface area (TPSA) is 36.7 Å². The molecule has 114 valence electrons. The molecule has 1 heterocycles. The van der Waals surface area contributed by atoms with Crippen molar-refractivity contribution < 1.29 is 0 Å². The third-order valence-electron chi connectivity index (χ3n) is 4.05. The number of unbranched alkanes of at least 4 members (excludes halogenated alkanes) is 2. The second kappa shape index (κ2) is 7.96. The molecule has 1 atom stereocenters. The Balaban J connectivity index is 2.33. The van der Waals surface area contributed by atoms with Gasteiger partial charge in [0.25, 0.3) is 0 Å². The van der Waals surface area contributed by atoms with E-state index in [4.69, 9.17) is 11.6 Å². The molecule has 0 saturated carbocycles. The average molecular weight is 313 g/mol. The number of hydrogen-bond donors (Lipinski definition) is 0. The third-order valence-corrected chi connectivity index (χ3v) is 4.30. The molecule has 0 bridgehead atoms. The Hall–Kier alpha value is -1.85. The fourth-order valence-corrected chi connectivity index (χ4v) is 2.92. The van der Waals surface area contributed by atoms with Crippen LogP contribution in [0.3, 0.4) is 0 Å². The van der Waals surface area contributed by atoms with Gasteiger partial charge in [0, 0.05) is 17.4 Å². The fraction of sp³-hybridized carbons (Fsp3) is 0.368. The summed E-state index contributed by atoms with van der Waals surface area (Å²) in [5.41, 5.74) is 1.62. The summed E-state index contributed by atoms with van der Waals surface area (Å²) >= 11 is 6.00. The lowest BCUT2D eigenvalue weighted by Crippen LogP contribution is -2.27. The van der Waals surface area contributed by atoms with Crippen LogP contribution in [-0.4, -0.2) is 4.98 Å². The number of nitriles is 1. The molecule has 0 aliphatic heterocycles. The minimum Gasteiger partial charge on any atom is -0.264 e. The number of pyridine rings is 1. The van der Waals surface area contributed by atoms with Gasteiger partial charge in [-0.3, -0.25) is 4.98 Å². The van der Waals surface area contributed by atoms with E-state index in [0.717, 1.165) is 36.8 Å². The van der Waals surface area contributed by atoms with E-state index in [1.165, 1.54) is 0 Å². The van der Waals surface area contributed by atoms with Crippen molar-refractivity contribution in [3.8, 4) is 6.07 Å². The molecule has 0 fully saturated rings. The lowest BCUT2D eigenvalue weighted by atomic mass is 9.73. The molecule has 0 N–H and O–H groups in total. The first-order valence-electron chi connectivity index (χ1n) is 7.76. The van der Waals surface area contributed by atoms with Gasteiger partial charge in [0.15, 0.2) is 0 Å². The van der Waals surface area contributed by atoms with Crippen LogP contribution in [0.5, 0.6) is 0 Å². The van der Waals surface area contributed by atoms with Crippen LogP contribution in [0.2, 0.25) is 5.02 Å². The van der Waals surface area contributed by atoms with Crippen molar-refractivity contribution in [3.05, 3.63) is 64.9 Å². The minimum atomic E-state index is -0.511. The molecular formula is C19H21ClN2. The van der Waals surface area contributed by atoms with Crippen molar-refractivity contribution >= 4 is 11.6 Å². The Morgan fingerprint density at radius 1 is 1.18 bits per heavy atom. The van der Waals surface area contributed by atoms with Crippen LogP contribution in [0.1, 0.15) is 43.7 Å². The average Bonchev–Trinajstić information content (AvgIpc) is 2.56. The second-order valence-corrected chi connectivity index (χ2v) is 6.13. The number of benzene rings is 1. The summed E-state index contributed by atoms with van der Waals surface area (Å²) in [7, 11) is 0. The molecule has 0 saturated heterocycles. The van der Waals surface area contributed by atoms with Gasteiger partial charge in [-0.1, -0.05) is 56.0 Å². The molecule has 0 aliphatic carbocycles. The number of rotatable bonds is 7. The van der Waals surface area contributed by atoms with Crippen LogP contribution in [0.15, 0.2) is 48.8 Å². The molecule has 0 amide bonds. The number of halogens is 1. The zero-order valence-electron chi connectivity index (χ0n) is 12.9. The molecule has 0 aliphatic rings. The Morgan fingerprint density at radius 3 is 2.55 bits per heavy atom. The Morgan fingerprint density at radius 2 is 1.95 bits per heavy atom. The quantitative estimate of drug-likeness (QED) is 0.649. The summed E-state index contributed by atoms with van der Waals surface area (Å²) in [4.78, 5) is 4.18. The van der Waals surface area contributed by atoms with Gasteiger partial charge in [-0.25, -0.2) is 0 Å².